The maximum Gasteiger partial charge on any atom is 0.434 e. The number of aryl methyl sites for hydroxylation is 1. The van der Waals surface area contributed by atoms with Gasteiger partial charge in [0, 0.05) is 21.9 Å². The molecule has 3 N–H and O–H groups in total. The van der Waals surface area contributed by atoms with E-state index in [1.807, 2.05) is 6.07 Å². The first-order valence-electron chi connectivity index (χ1n) is 11.6. The van der Waals surface area contributed by atoms with Crippen LogP contribution in [0.25, 0.3) is 16.9 Å². The number of aromatic nitrogens is 3. The third kappa shape index (κ3) is 4.70. The Bertz CT molecular complexity index is 1480. The van der Waals surface area contributed by atoms with Crippen LogP contribution in [0.2, 0.25) is 0 Å². The molecular formula is C21H21F3N6O3S. The molecule has 2 atom stereocenters. The van der Waals surface area contributed by atoms with Crippen molar-refractivity contribution in [2.45, 2.75) is 49.3 Å². The number of anilines is 1. The Morgan fingerprint density at radius 3 is 2.85 bits per heavy atom. The first-order chi connectivity index (χ1) is 17.2. The highest BCUT2D eigenvalue weighted by atomic mass is 32.2. The molecule has 0 unspecified atom stereocenters. The highest BCUT2D eigenvalue weighted by molar-refractivity contribution is 7.89. The number of halogens is 3. The third-order valence-electron chi connectivity index (χ3n) is 5.40. The second kappa shape index (κ2) is 8.86. The zero-order chi connectivity index (χ0) is 27.2. The zero-order valence-corrected chi connectivity index (χ0v) is 18.3. The number of nitrogen functional groups attached to an aromatic ring is 1. The lowest BCUT2D eigenvalue weighted by atomic mass is 10.0. The number of ether oxygens (including phenoxy) is 1. The number of hydrogen-bond acceptors (Lipinski definition) is 7. The van der Waals surface area contributed by atoms with Crippen molar-refractivity contribution in [3.63, 3.8) is 0 Å². The second-order valence-electron chi connectivity index (χ2n) is 7.77. The summed E-state index contributed by atoms with van der Waals surface area (Å²) in [6.07, 6.45) is -2.32. The minimum Gasteiger partial charge on any atom is -0.381 e. The molecule has 4 rings (SSSR count). The van der Waals surface area contributed by atoms with E-state index < -0.39 is 40.6 Å². The Morgan fingerprint density at radius 1 is 1.41 bits per heavy atom. The summed E-state index contributed by atoms with van der Waals surface area (Å²) < 4.78 is 98.9. The molecule has 1 fully saturated rings. The second-order valence-corrected chi connectivity index (χ2v) is 9.48. The van der Waals surface area contributed by atoms with Gasteiger partial charge in [0.25, 0.3) is 0 Å². The Balaban J connectivity index is 1.77. The van der Waals surface area contributed by atoms with E-state index in [4.69, 9.17) is 19.8 Å². The minimum absolute atomic E-state index is 0.0472. The minimum atomic E-state index is -4.85. The zero-order valence-electron chi connectivity index (χ0n) is 20.5. The van der Waals surface area contributed by atoms with E-state index in [9.17, 15) is 21.6 Å². The van der Waals surface area contributed by atoms with Gasteiger partial charge in [0.1, 0.15) is 0 Å². The van der Waals surface area contributed by atoms with E-state index >= 15 is 0 Å². The summed E-state index contributed by atoms with van der Waals surface area (Å²) in [5.41, 5.74) is 3.60. The maximum absolute atomic E-state index is 13.4. The van der Waals surface area contributed by atoms with Crippen LogP contribution < -0.4 is 10.5 Å². The first kappa shape index (κ1) is 20.2. The van der Waals surface area contributed by atoms with Crippen molar-refractivity contribution < 1.29 is 30.4 Å². The molecule has 3 heterocycles. The van der Waals surface area contributed by atoms with Crippen LogP contribution in [0, 0.1) is 18.2 Å². The summed E-state index contributed by atoms with van der Waals surface area (Å²) in [6.45, 7) is -2.68. The van der Waals surface area contributed by atoms with E-state index in [1.165, 1.54) is 0 Å². The van der Waals surface area contributed by atoms with Crippen LogP contribution in [-0.2, 0) is 20.9 Å². The van der Waals surface area contributed by atoms with Crippen molar-refractivity contribution in [2.75, 3.05) is 12.3 Å². The van der Waals surface area contributed by atoms with Gasteiger partial charge >= 0.3 is 6.18 Å². The van der Waals surface area contributed by atoms with E-state index in [1.54, 1.807) is 0 Å². The largest absolute Gasteiger partial charge is 0.434 e. The number of rotatable bonds is 5. The molecule has 1 aliphatic heterocycles. The molecule has 0 aliphatic carbocycles. The number of fused-ring (bicyclic) bond motifs is 1. The highest BCUT2D eigenvalue weighted by Gasteiger charge is 2.34. The molecule has 0 saturated carbocycles. The van der Waals surface area contributed by atoms with Gasteiger partial charge in [-0.05, 0) is 37.4 Å². The lowest BCUT2D eigenvalue weighted by Crippen LogP contribution is -2.42. The topological polar surface area (TPSA) is 135 Å². The van der Waals surface area contributed by atoms with Crippen molar-refractivity contribution in [1.29, 1.82) is 5.26 Å². The number of benzene rings is 1. The summed E-state index contributed by atoms with van der Waals surface area (Å²) in [7, 11) is -4.18. The molecule has 180 valence electrons. The number of imidazole rings is 1. The summed E-state index contributed by atoms with van der Waals surface area (Å²) in [5, 5.41) is 8.79. The maximum atomic E-state index is 13.4. The van der Waals surface area contributed by atoms with Gasteiger partial charge in [-0.2, -0.15) is 18.4 Å². The summed E-state index contributed by atoms with van der Waals surface area (Å²) in [6, 6.07) is 4.68. The molecule has 0 spiro atoms. The van der Waals surface area contributed by atoms with Gasteiger partial charge in [0.2, 0.25) is 10.0 Å². The van der Waals surface area contributed by atoms with Crippen LogP contribution in [0.3, 0.4) is 0 Å². The SMILES string of the molecule is [2H]C([2H])([2H])c1ccc(S(=O)(=O)N[C@H]2CC[C@H](CC#N)OC2)cc1-c1cnc2c(N)nc(C(F)(F)F)cn12. The first-order valence-corrected chi connectivity index (χ1v) is 11.6. The Morgan fingerprint density at radius 2 is 2.21 bits per heavy atom. The summed E-state index contributed by atoms with van der Waals surface area (Å²) >= 11 is 0. The van der Waals surface area contributed by atoms with E-state index in [-0.39, 0.29) is 46.5 Å². The lowest BCUT2D eigenvalue weighted by molar-refractivity contribution is -0.141. The van der Waals surface area contributed by atoms with Crippen molar-refractivity contribution in [3.05, 3.63) is 41.9 Å². The van der Waals surface area contributed by atoms with Crippen molar-refractivity contribution in [2.24, 2.45) is 0 Å². The average Bonchev–Trinajstić information content (AvgIpc) is 3.23. The molecule has 1 aromatic carbocycles. The normalized spacial score (nSPS) is 20.9. The predicted molar refractivity (Wildman–Crippen MR) is 116 cm³/mol. The molecule has 3 aromatic rings. The van der Waals surface area contributed by atoms with Gasteiger partial charge in [-0.1, -0.05) is 6.07 Å². The molecule has 34 heavy (non-hydrogen) atoms. The van der Waals surface area contributed by atoms with E-state index in [0.29, 0.717) is 19.0 Å². The summed E-state index contributed by atoms with van der Waals surface area (Å²) in [5.74, 6) is -0.533. The molecule has 0 bridgehead atoms. The fourth-order valence-electron chi connectivity index (χ4n) is 3.70. The standard InChI is InChI=1S/C21H21F3N6O3S/c1-12-2-5-15(34(31,32)29-13-3-4-14(6-7-25)33-11-13)8-16(12)17-9-27-20-19(26)28-18(10-30(17)20)21(22,23)24/h2,5,8-10,13-14,29H,3-4,6,11H2,1H3,(H2,26,28)/t13-,14+/m0/s1/i1D3. The summed E-state index contributed by atoms with van der Waals surface area (Å²) in [4.78, 5) is 6.98. The van der Waals surface area contributed by atoms with Gasteiger partial charge in [0.05, 0.1) is 42.0 Å². The van der Waals surface area contributed by atoms with Gasteiger partial charge in [0.15, 0.2) is 17.2 Å². The van der Waals surface area contributed by atoms with E-state index in [0.717, 1.165) is 28.8 Å². The quantitative estimate of drug-likeness (QED) is 0.553. The van der Waals surface area contributed by atoms with Crippen LogP contribution in [0.5, 0.6) is 0 Å². The number of hydrogen-bond donors (Lipinski definition) is 2. The number of nitrogens with one attached hydrogen (secondary N) is 1. The molecule has 13 heteroatoms. The third-order valence-corrected chi connectivity index (χ3v) is 6.92. The smallest absolute Gasteiger partial charge is 0.381 e. The molecule has 1 saturated heterocycles. The number of alkyl halides is 3. The Labute approximate surface area is 197 Å². The average molecular weight is 498 g/mol. The van der Waals surface area contributed by atoms with Gasteiger partial charge < -0.3 is 10.5 Å². The number of nitrogens with two attached hydrogens (primary N) is 1. The predicted octanol–water partition coefficient (Wildman–Crippen LogP) is 3.05. The lowest BCUT2D eigenvalue weighted by Gasteiger charge is -2.28. The molecule has 9 nitrogen and oxygen atoms in total. The van der Waals surface area contributed by atoms with Crippen LogP contribution in [0.4, 0.5) is 19.0 Å². The number of nitriles is 1. The van der Waals surface area contributed by atoms with Crippen molar-refractivity contribution >= 4 is 21.5 Å². The fourth-order valence-corrected chi connectivity index (χ4v) is 4.98. The van der Waals surface area contributed by atoms with Gasteiger partial charge in [-0.15, -0.1) is 0 Å². The van der Waals surface area contributed by atoms with Crippen LogP contribution in [-0.4, -0.2) is 41.5 Å². The molecule has 1 aliphatic rings. The molecule has 0 radical (unpaired) electrons. The number of sulfonamides is 1. The Hall–Kier alpha value is -3.21. The van der Waals surface area contributed by atoms with Crippen LogP contribution in [0.15, 0.2) is 35.5 Å². The molecule has 0 amide bonds. The Kier molecular flexibility index (Phi) is 5.26. The van der Waals surface area contributed by atoms with E-state index in [2.05, 4.69) is 14.7 Å². The van der Waals surface area contributed by atoms with Crippen molar-refractivity contribution in [3.8, 4) is 17.3 Å². The monoisotopic (exact) mass is 497 g/mol. The van der Waals surface area contributed by atoms with Gasteiger partial charge in [-0.3, -0.25) is 4.40 Å². The highest BCUT2D eigenvalue weighted by Crippen LogP contribution is 2.32. The molecule has 2 aromatic heterocycles. The van der Waals surface area contributed by atoms with Crippen LogP contribution >= 0.6 is 0 Å². The van der Waals surface area contributed by atoms with Crippen molar-refractivity contribution in [1.82, 2.24) is 19.1 Å². The molecular weight excluding hydrogens is 473 g/mol. The fraction of sp³-hybridized carbons (Fsp3) is 0.381. The van der Waals surface area contributed by atoms with Gasteiger partial charge in [-0.25, -0.2) is 23.1 Å². The van der Waals surface area contributed by atoms with Crippen LogP contribution in [0.1, 0.15) is 34.6 Å². The number of nitrogens with zero attached hydrogens (tertiary/aromatic N) is 4.